The van der Waals surface area contributed by atoms with Crippen LogP contribution in [0.2, 0.25) is 0 Å². The quantitative estimate of drug-likeness (QED) is 0.903. The van der Waals surface area contributed by atoms with Gasteiger partial charge in [0.2, 0.25) is 0 Å². The maximum Gasteiger partial charge on any atom is 0.269 e. The van der Waals surface area contributed by atoms with Crippen molar-refractivity contribution in [3.63, 3.8) is 0 Å². The Bertz CT molecular complexity index is 567. The third-order valence-electron chi connectivity index (χ3n) is 1.89. The van der Waals surface area contributed by atoms with E-state index in [1.807, 2.05) is 0 Å². The number of hydrogen-bond donors (Lipinski definition) is 1. The van der Waals surface area contributed by atoms with E-state index in [0.29, 0.717) is 10.8 Å². The van der Waals surface area contributed by atoms with Crippen molar-refractivity contribution in [1.82, 2.24) is 10.1 Å². The van der Waals surface area contributed by atoms with Crippen LogP contribution in [0.3, 0.4) is 0 Å². The molecule has 0 amide bonds. The molecule has 2 aromatic rings. The molecule has 1 N–H and O–H groups in total. The molecule has 0 fully saturated rings. The smallest absolute Gasteiger partial charge is 0.269 e. The predicted molar refractivity (Wildman–Crippen MR) is 58.9 cm³/mol. The molecule has 0 aliphatic carbocycles. The Hall–Kier alpha value is -1.41. The minimum absolute atomic E-state index is 0.0719. The molecular weight excluding hydrogens is 250 g/mol. The van der Waals surface area contributed by atoms with Crippen LogP contribution in [0.1, 0.15) is 11.5 Å². The van der Waals surface area contributed by atoms with Crippen molar-refractivity contribution in [3.05, 3.63) is 23.0 Å². The molecule has 0 bridgehead atoms. The summed E-state index contributed by atoms with van der Waals surface area (Å²) in [6, 6.07) is 0. The number of anilines is 1. The highest BCUT2D eigenvalue weighted by Gasteiger charge is 2.24. The average Bonchev–Trinajstić information content (AvgIpc) is 2.76. The van der Waals surface area contributed by atoms with Gasteiger partial charge in [-0.05, 0) is 13.8 Å². The zero-order valence-electron chi connectivity index (χ0n) is 8.59. The van der Waals surface area contributed by atoms with Crippen molar-refractivity contribution in [2.75, 3.05) is 4.72 Å². The number of thiazole rings is 1. The molecule has 0 aromatic carbocycles. The van der Waals surface area contributed by atoms with Gasteiger partial charge in [0, 0.05) is 11.6 Å². The van der Waals surface area contributed by atoms with E-state index in [1.165, 1.54) is 17.5 Å². The Balaban J connectivity index is 2.40. The van der Waals surface area contributed by atoms with E-state index in [2.05, 4.69) is 14.9 Å². The molecule has 8 heteroatoms. The second-order valence-corrected chi connectivity index (χ2v) is 5.61. The van der Waals surface area contributed by atoms with Crippen molar-refractivity contribution in [2.24, 2.45) is 0 Å². The van der Waals surface area contributed by atoms with E-state index in [4.69, 9.17) is 4.52 Å². The predicted octanol–water partition coefficient (Wildman–Crippen LogP) is 1.55. The summed E-state index contributed by atoms with van der Waals surface area (Å²) < 4.78 is 31.1. The molecule has 0 saturated heterocycles. The summed E-state index contributed by atoms with van der Waals surface area (Å²) in [4.78, 5) is 3.92. The summed E-state index contributed by atoms with van der Waals surface area (Å²) in [5, 5.41) is 5.61. The van der Waals surface area contributed by atoms with Crippen LogP contribution in [-0.2, 0) is 10.0 Å². The molecular formula is C8H9N3O3S2. The lowest BCUT2D eigenvalue weighted by molar-refractivity contribution is 0.390. The first kappa shape index (κ1) is 11.1. The van der Waals surface area contributed by atoms with Crippen molar-refractivity contribution < 1.29 is 12.9 Å². The van der Waals surface area contributed by atoms with Crippen molar-refractivity contribution in [1.29, 1.82) is 0 Å². The van der Waals surface area contributed by atoms with Crippen molar-refractivity contribution in [3.8, 4) is 0 Å². The average molecular weight is 259 g/mol. The van der Waals surface area contributed by atoms with Gasteiger partial charge in [0.05, 0.1) is 0 Å². The van der Waals surface area contributed by atoms with E-state index >= 15 is 0 Å². The Morgan fingerprint density at radius 3 is 2.69 bits per heavy atom. The molecule has 2 heterocycles. The van der Waals surface area contributed by atoms with Gasteiger partial charge in [0.15, 0.2) is 15.8 Å². The first-order valence-electron chi connectivity index (χ1n) is 4.36. The van der Waals surface area contributed by atoms with Gasteiger partial charge in [-0.2, -0.15) is 0 Å². The molecule has 86 valence electrons. The topological polar surface area (TPSA) is 85.1 Å². The minimum Gasteiger partial charge on any atom is -0.360 e. The van der Waals surface area contributed by atoms with E-state index in [-0.39, 0.29) is 10.7 Å². The molecule has 0 aliphatic heterocycles. The summed E-state index contributed by atoms with van der Waals surface area (Å²) in [5.41, 5.74) is 0.335. The van der Waals surface area contributed by atoms with Gasteiger partial charge in [0.25, 0.3) is 10.0 Å². The van der Waals surface area contributed by atoms with Crippen molar-refractivity contribution >= 4 is 26.5 Å². The molecule has 0 atom stereocenters. The monoisotopic (exact) mass is 259 g/mol. The lowest BCUT2D eigenvalue weighted by Gasteiger charge is -2.03. The highest BCUT2D eigenvalue weighted by molar-refractivity contribution is 7.93. The van der Waals surface area contributed by atoms with Crippen LogP contribution >= 0.6 is 11.3 Å². The number of aryl methyl sites for hydroxylation is 2. The van der Waals surface area contributed by atoms with Gasteiger partial charge in [-0.15, -0.1) is 11.3 Å². The van der Waals surface area contributed by atoms with Crippen LogP contribution in [0.5, 0.6) is 0 Å². The Morgan fingerprint density at radius 2 is 2.19 bits per heavy atom. The summed E-state index contributed by atoms with van der Waals surface area (Å²) in [7, 11) is -3.66. The first-order valence-corrected chi connectivity index (χ1v) is 6.72. The fraction of sp³-hybridized carbons (Fsp3) is 0.250. The number of nitrogens with one attached hydrogen (secondary N) is 1. The maximum atomic E-state index is 12.0. The van der Waals surface area contributed by atoms with E-state index in [0.717, 1.165) is 0 Å². The second kappa shape index (κ2) is 3.87. The molecule has 0 unspecified atom stereocenters. The molecule has 0 aliphatic rings. The lowest BCUT2D eigenvalue weighted by Crippen LogP contribution is -2.14. The van der Waals surface area contributed by atoms with E-state index in [1.54, 1.807) is 19.2 Å². The Labute approximate surface area is 96.4 Å². The highest BCUT2D eigenvalue weighted by atomic mass is 32.2. The van der Waals surface area contributed by atoms with Gasteiger partial charge in [-0.1, -0.05) is 5.16 Å². The number of nitrogens with zero attached hydrogens (tertiary/aromatic N) is 2. The van der Waals surface area contributed by atoms with Crippen LogP contribution in [0, 0.1) is 13.8 Å². The molecule has 2 aromatic heterocycles. The summed E-state index contributed by atoms with van der Waals surface area (Å²) in [6.07, 6.45) is 1.52. The third-order valence-corrected chi connectivity index (χ3v) is 4.29. The molecule has 6 nitrogen and oxygen atoms in total. The van der Waals surface area contributed by atoms with Gasteiger partial charge in [-0.25, -0.2) is 13.4 Å². The van der Waals surface area contributed by atoms with Gasteiger partial charge >= 0.3 is 0 Å². The molecule has 0 radical (unpaired) electrons. The lowest BCUT2D eigenvalue weighted by atomic mass is 10.4. The zero-order chi connectivity index (χ0) is 11.8. The normalized spacial score (nSPS) is 11.6. The Morgan fingerprint density at radius 1 is 1.44 bits per heavy atom. The Kier molecular flexibility index (Phi) is 2.68. The van der Waals surface area contributed by atoms with E-state index < -0.39 is 10.0 Å². The van der Waals surface area contributed by atoms with E-state index in [9.17, 15) is 8.42 Å². The highest BCUT2D eigenvalue weighted by Crippen LogP contribution is 2.22. The third kappa shape index (κ3) is 1.93. The standard InChI is InChI=1S/C8H9N3O3S2/c1-5-7(6(2)14-10-5)16(12,13)11-8-9-3-4-15-8/h3-4H,1-2H3,(H,9,11). The van der Waals surface area contributed by atoms with Gasteiger partial charge < -0.3 is 4.52 Å². The molecule has 0 spiro atoms. The van der Waals surface area contributed by atoms with Crippen LogP contribution in [0.25, 0.3) is 0 Å². The molecule has 0 saturated carbocycles. The second-order valence-electron chi connectivity index (χ2n) is 3.10. The maximum absolute atomic E-state index is 12.0. The molecule has 16 heavy (non-hydrogen) atoms. The summed E-state index contributed by atoms with van der Waals surface area (Å²) >= 11 is 1.21. The van der Waals surface area contributed by atoms with Crippen molar-refractivity contribution in [2.45, 2.75) is 18.7 Å². The largest absolute Gasteiger partial charge is 0.360 e. The van der Waals surface area contributed by atoms with Gasteiger partial charge in [0.1, 0.15) is 5.69 Å². The zero-order valence-corrected chi connectivity index (χ0v) is 10.2. The van der Waals surface area contributed by atoms with Crippen LogP contribution in [-0.4, -0.2) is 18.6 Å². The first-order chi connectivity index (χ1) is 7.50. The van der Waals surface area contributed by atoms with Crippen LogP contribution < -0.4 is 4.72 Å². The number of sulfonamides is 1. The summed E-state index contributed by atoms with van der Waals surface area (Å²) in [5.74, 6) is 0.265. The fourth-order valence-electron chi connectivity index (χ4n) is 1.30. The number of aromatic nitrogens is 2. The van der Waals surface area contributed by atoms with Gasteiger partial charge in [-0.3, -0.25) is 4.72 Å². The SMILES string of the molecule is Cc1noc(C)c1S(=O)(=O)Nc1nccs1. The number of hydrogen-bond acceptors (Lipinski definition) is 6. The summed E-state index contributed by atoms with van der Waals surface area (Å²) in [6.45, 7) is 3.13. The minimum atomic E-state index is -3.66. The fourth-order valence-corrected chi connectivity index (χ4v) is 3.42. The van der Waals surface area contributed by atoms with Crippen LogP contribution in [0.15, 0.2) is 21.0 Å². The number of rotatable bonds is 3. The van der Waals surface area contributed by atoms with Crippen LogP contribution in [0.4, 0.5) is 5.13 Å². The molecule has 2 rings (SSSR count).